The van der Waals surface area contributed by atoms with Crippen molar-refractivity contribution in [3.63, 3.8) is 0 Å². The predicted octanol–water partition coefficient (Wildman–Crippen LogP) is 2.78. The molecule has 1 aliphatic heterocycles. The van der Waals surface area contributed by atoms with Crippen LogP contribution in [0.15, 0.2) is 30.3 Å². The van der Waals surface area contributed by atoms with Crippen LogP contribution >= 0.6 is 0 Å². The maximum absolute atomic E-state index is 6.20. The zero-order valence-corrected chi connectivity index (χ0v) is 11.9. The molecule has 1 heterocycles. The van der Waals surface area contributed by atoms with Crippen molar-refractivity contribution in [2.75, 3.05) is 0 Å². The number of hydrogen-bond donors (Lipinski definition) is 0. The number of fused-ring (bicyclic) bond motifs is 1. The van der Waals surface area contributed by atoms with Crippen LogP contribution in [-0.2, 0) is 4.74 Å². The van der Waals surface area contributed by atoms with E-state index in [0.29, 0.717) is 27.2 Å². The van der Waals surface area contributed by atoms with Crippen molar-refractivity contribution in [1.29, 1.82) is 0 Å². The van der Waals surface area contributed by atoms with Gasteiger partial charge in [-0.25, -0.2) is 0 Å². The van der Waals surface area contributed by atoms with Gasteiger partial charge >= 0.3 is 110 Å². The van der Waals surface area contributed by atoms with Gasteiger partial charge in [-0.15, -0.1) is 0 Å². The SMILES string of the molecule is c1ccc([Se]C[C@H]2C[C@@H]3CCCC[C@H]3O2)cc1. The first-order valence-corrected chi connectivity index (χ1v) is 8.82. The Hall–Kier alpha value is -0.301. The van der Waals surface area contributed by atoms with E-state index in [1.807, 2.05) is 0 Å². The molecule has 2 aliphatic rings. The summed E-state index contributed by atoms with van der Waals surface area (Å²) in [4.78, 5) is 0. The standard InChI is InChI=1S/C15H20OSe/c1-2-7-14(8-3-1)17-11-13-10-12-6-4-5-9-15(12)16-13/h1-3,7-8,12-13,15H,4-6,9-11H2/t12-,13+,15+/m0/s1. The van der Waals surface area contributed by atoms with Crippen molar-refractivity contribution in [1.82, 2.24) is 0 Å². The second kappa shape index (κ2) is 5.56. The van der Waals surface area contributed by atoms with Crippen molar-refractivity contribution >= 4 is 19.4 Å². The third kappa shape index (κ3) is 2.93. The van der Waals surface area contributed by atoms with Crippen LogP contribution < -0.4 is 4.46 Å². The van der Waals surface area contributed by atoms with Gasteiger partial charge in [0.25, 0.3) is 0 Å². The summed E-state index contributed by atoms with van der Waals surface area (Å²) in [7, 11) is 0. The first-order chi connectivity index (χ1) is 8.42. The Morgan fingerprint density at radius 2 is 1.94 bits per heavy atom. The number of ether oxygens (including phenoxy) is 1. The van der Waals surface area contributed by atoms with Crippen LogP contribution in [0.25, 0.3) is 0 Å². The van der Waals surface area contributed by atoms with Gasteiger partial charge < -0.3 is 0 Å². The molecule has 0 spiro atoms. The van der Waals surface area contributed by atoms with Crippen LogP contribution in [0.5, 0.6) is 0 Å². The quantitative estimate of drug-likeness (QED) is 0.779. The van der Waals surface area contributed by atoms with Crippen molar-refractivity contribution in [2.24, 2.45) is 5.92 Å². The van der Waals surface area contributed by atoms with Crippen LogP contribution in [-0.4, -0.2) is 27.2 Å². The monoisotopic (exact) mass is 296 g/mol. The summed E-state index contributed by atoms with van der Waals surface area (Å²) in [5.41, 5.74) is 0. The van der Waals surface area contributed by atoms with Gasteiger partial charge in [0.05, 0.1) is 0 Å². The molecular formula is C15H20OSe. The topological polar surface area (TPSA) is 9.23 Å². The molecule has 0 radical (unpaired) electrons. The Morgan fingerprint density at radius 1 is 1.12 bits per heavy atom. The second-order valence-corrected chi connectivity index (χ2v) is 7.49. The molecule has 0 amide bonds. The fourth-order valence-electron chi connectivity index (χ4n) is 3.08. The van der Waals surface area contributed by atoms with Crippen LogP contribution in [0, 0.1) is 5.92 Å². The van der Waals surface area contributed by atoms with Gasteiger partial charge in [-0.05, 0) is 0 Å². The molecule has 1 nitrogen and oxygen atoms in total. The molecule has 3 rings (SSSR count). The second-order valence-electron chi connectivity index (χ2n) is 5.20. The summed E-state index contributed by atoms with van der Waals surface area (Å²) >= 11 is 0.597. The Bertz CT molecular complexity index is 337. The molecule has 0 N–H and O–H groups in total. The van der Waals surface area contributed by atoms with E-state index in [2.05, 4.69) is 30.3 Å². The molecule has 0 aromatic heterocycles. The van der Waals surface area contributed by atoms with Gasteiger partial charge in [0, 0.05) is 0 Å². The Kier molecular flexibility index (Phi) is 3.85. The molecule has 1 aliphatic carbocycles. The summed E-state index contributed by atoms with van der Waals surface area (Å²) in [6.45, 7) is 0. The average Bonchev–Trinajstić information content (AvgIpc) is 2.80. The van der Waals surface area contributed by atoms with E-state index in [4.69, 9.17) is 4.74 Å². The fourth-order valence-corrected chi connectivity index (χ4v) is 5.05. The molecule has 3 atom stereocenters. The normalized spacial score (nSPS) is 32.4. The van der Waals surface area contributed by atoms with E-state index < -0.39 is 0 Å². The molecule has 0 unspecified atom stereocenters. The molecule has 0 bridgehead atoms. The molecule has 92 valence electrons. The molecule has 1 aromatic carbocycles. The minimum atomic E-state index is 0.559. The maximum atomic E-state index is 6.20. The molecule has 2 heteroatoms. The summed E-state index contributed by atoms with van der Waals surface area (Å²) in [5, 5.41) is 1.27. The van der Waals surface area contributed by atoms with Gasteiger partial charge in [0.1, 0.15) is 0 Å². The van der Waals surface area contributed by atoms with Crippen LogP contribution in [0.1, 0.15) is 32.1 Å². The third-order valence-corrected chi connectivity index (χ3v) is 6.35. The number of hydrogen-bond acceptors (Lipinski definition) is 1. The van der Waals surface area contributed by atoms with Crippen molar-refractivity contribution in [2.45, 2.75) is 49.6 Å². The molecule has 17 heavy (non-hydrogen) atoms. The molecule has 1 saturated heterocycles. The van der Waals surface area contributed by atoms with Gasteiger partial charge in [0.15, 0.2) is 0 Å². The molecule has 2 fully saturated rings. The Balaban J connectivity index is 1.50. The molecule has 1 aromatic rings. The zero-order chi connectivity index (χ0) is 11.5. The van der Waals surface area contributed by atoms with Crippen LogP contribution in [0.2, 0.25) is 5.32 Å². The van der Waals surface area contributed by atoms with E-state index in [-0.39, 0.29) is 0 Å². The molecule has 1 saturated carbocycles. The Labute approximate surface area is 110 Å². The van der Waals surface area contributed by atoms with E-state index in [9.17, 15) is 0 Å². The zero-order valence-electron chi connectivity index (χ0n) is 10.2. The van der Waals surface area contributed by atoms with Crippen LogP contribution in [0.4, 0.5) is 0 Å². The summed E-state index contributed by atoms with van der Waals surface area (Å²) in [6, 6.07) is 10.9. The fraction of sp³-hybridized carbons (Fsp3) is 0.600. The van der Waals surface area contributed by atoms with E-state index in [1.54, 1.807) is 0 Å². The minimum absolute atomic E-state index is 0.559. The van der Waals surface area contributed by atoms with Gasteiger partial charge in [0.2, 0.25) is 0 Å². The van der Waals surface area contributed by atoms with E-state index in [1.165, 1.54) is 41.9 Å². The van der Waals surface area contributed by atoms with Gasteiger partial charge in [-0.3, -0.25) is 0 Å². The number of rotatable bonds is 3. The van der Waals surface area contributed by atoms with Crippen molar-refractivity contribution in [3.05, 3.63) is 30.3 Å². The van der Waals surface area contributed by atoms with Gasteiger partial charge in [-0.1, -0.05) is 0 Å². The predicted molar refractivity (Wildman–Crippen MR) is 71.9 cm³/mol. The first kappa shape index (κ1) is 11.8. The summed E-state index contributed by atoms with van der Waals surface area (Å²) < 4.78 is 7.72. The average molecular weight is 295 g/mol. The van der Waals surface area contributed by atoms with Crippen molar-refractivity contribution in [3.8, 4) is 0 Å². The van der Waals surface area contributed by atoms with E-state index >= 15 is 0 Å². The Morgan fingerprint density at radius 3 is 2.76 bits per heavy atom. The van der Waals surface area contributed by atoms with Crippen LogP contribution in [0.3, 0.4) is 0 Å². The third-order valence-electron chi connectivity index (χ3n) is 3.95. The molecular weight excluding hydrogens is 275 g/mol. The van der Waals surface area contributed by atoms with E-state index in [0.717, 1.165) is 5.92 Å². The van der Waals surface area contributed by atoms with Gasteiger partial charge in [-0.2, -0.15) is 0 Å². The summed E-state index contributed by atoms with van der Waals surface area (Å²) in [5.74, 6) is 0.889. The number of benzene rings is 1. The summed E-state index contributed by atoms with van der Waals surface area (Å²) in [6.07, 6.45) is 8.06. The first-order valence-electron chi connectivity index (χ1n) is 6.75. The van der Waals surface area contributed by atoms with Crippen molar-refractivity contribution < 1.29 is 4.74 Å².